The Balaban J connectivity index is 2.19. The Morgan fingerprint density at radius 1 is 1.15 bits per heavy atom. The lowest BCUT2D eigenvalue weighted by molar-refractivity contribution is 0.0142. The van der Waals surface area contributed by atoms with Crippen LogP contribution < -0.4 is 0 Å². The molecule has 2 nitrogen and oxygen atoms in total. The molecule has 2 atom stereocenters. The van der Waals surface area contributed by atoms with Gasteiger partial charge in [-0.3, -0.25) is 0 Å². The summed E-state index contributed by atoms with van der Waals surface area (Å²) in [7, 11) is 1.71. The van der Waals surface area contributed by atoms with Gasteiger partial charge in [0.05, 0.1) is 19.3 Å². The fraction of sp³-hybridized carbons (Fsp3) is 1.00. The zero-order valence-corrected chi connectivity index (χ0v) is 9.88. The van der Waals surface area contributed by atoms with Crippen molar-refractivity contribution in [2.45, 2.75) is 43.0 Å². The average Bonchev–Trinajstić information content (AvgIpc) is 2.32. The van der Waals surface area contributed by atoms with Crippen molar-refractivity contribution < 1.29 is 9.47 Å². The minimum absolute atomic E-state index is 0.401. The molecular weight excluding hydrogens is 232 g/mol. The summed E-state index contributed by atoms with van der Waals surface area (Å²) in [4.78, 5) is 0.548. The summed E-state index contributed by atoms with van der Waals surface area (Å²) in [5.41, 5.74) is 0. The molecule has 1 fully saturated rings. The lowest BCUT2D eigenvalue weighted by Gasteiger charge is -2.20. The third-order valence-corrected chi connectivity index (χ3v) is 3.54. The molecule has 1 aliphatic rings. The minimum Gasteiger partial charge on any atom is -0.382 e. The van der Waals surface area contributed by atoms with Gasteiger partial charge in [0, 0.05) is 11.9 Å². The van der Waals surface area contributed by atoms with Crippen LogP contribution >= 0.6 is 15.9 Å². The second-order valence-corrected chi connectivity index (χ2v) is 4.73. The number of methoxy groups -OCH3 is 1. The van der Waals surface area contributed by atoms with Gasteiger partial charge in [-0.15, -0.1) is 0 Å². The Morgan fingerprint density at radius 3 is 2.69 bits per heavy atom. The first kappa shape index (κ1) is 11.5. The number of hydrogen-bond donors (Lipinski definition) is 0. The number of hydrogen-bond acceptors (Lipinski definition) is 2. The maximum Gasteiger partial charge on any atom is 0.0704 e. The van der Waals surface area contributed by atoms with Crippen LogP contribution in [0.2, 0.25) is 0 Å². The maximum atomic E-state index is 5.74. The third kappa shape index (κ3) is 4.43. The SMILES string of the molecule is COCCOC1CCCCCC1Br. The number of rotatable bonds is 4. The van der Waals surface area contributed by atoms with E-state index in [4.69, 9.17) is 9.47 Å². The van der Waals surface area contributed by atoms with Crippen molar-refractivity contribution in [2.75, 3.05) is 20.3 Å². The normalized spacial score (nSPS) is 30.0. The molecule has 78 valence electrons. The summed E-state index contributed by atoms with van der Waals surface area (Å²) in [6.07, 6.45) is 6.83. The van der Waals surface area contributed by atoms with Crippen LogP contribution in [0.25, 0.3) is 0 Å². The first-order chi connectivity index (χ1) is 6.34. The van der Waals surface area contributed by atoms with Crippen molar-refractivity contribution in [3.63, 3.8) is 0 Å². The second-order valence-electron chi connectivity index (χ2n) is 3.56. The van der Waals surface area contributed by atoms with Gasteiger partial charge < -0.3 is 9.47 Å². The molecule has 2 unspecified atom stereocenters. The minimum atomic E-state index is 0.401. The molecule has 0 bridgehead atoms. The monoisotopic (exact) mass is 250 g/mol. The predicted octanol–water partition coefficient (Wildman–Crippen LogP) is 2.75. The highest BCUT2D eigenvalue weighted by atomic mass is 79.9. The van der Waals surface area contributed by atoms with E-state index in [2.05, 4.69) is 15.9 Å². The molecule has 0 N–H and O–H groups in total. The molecule has 0 saturated heterocycles. The molecule has 0 radical (unpaired) electrons. The molecule has 0 aliphatic heterocycles. The summed E-state index contributed by atoms with van der Waals surface area (Å²) < 4.78 is 10.7. The van der Waals surface area contributed by atoms with E-state index in [-0.39, 0.29) is 0 Å². The molecule has 1 rings (SSSR count). The van der Waals surface area contributed by atoms with Crippen LogP contribution in [-0.4, -0.2) is 31.3 Å². The molecule has 0 aromatic carbocycles. The first-order valence-corrected chi connectivity index (χ1v) is 6.01. The van der Waals surface area contributed by atoms with Crippen LogP contribution in [0.1, 0.15) is 32.1 Å². The maximum absolute atomic E-state index is 5.74. The molecule has 1 saturated carbocycles. The lowest BCUT2D eigenvalue weighted by atomic mass is 10.1. The predicted molar refractivity (Wildman–Crippen MR) is 57.4 cm³/mol. The Kier molecular flexibility index (Phi) is 6.00. The first-order valence-electron chi connectivity index (χ1n) is 5.09. The van der Waals surface area contributed by atoms with Crippen molar-refractivity contribution in [1.29, 1.82) is 0 Å². The fourth-order valence-corrected chi connectivity index (χ4v) is 2.44. The summed E-state index contributed by atoms with van der Waals surface area (Å²) >= 11 is 3.69. The van der Waals surface area contributed by atoms with Gasteiger partial charge >= 0.3 is 0 Å². The second kappa shape index (κ2) is 6.80. The molecule has 0 aromatic rings. The van der Waals surface area contributed by atoms with E-state index in [9.17, 15) is 0 Å². The molecule has 1 aliphatic carbocycles. The Bertz CT molecular complexity index is 130. The van der Waals surface area contributed by atoms with Crippen molar-refractivity contribution in [3.05, 3.63) is 0 Å². The fourth-order valence-electron chi connectivity index (χ4n) is 1.70. The molecule has 0 amide bonds. The average molecular weight is 251 g/mol. The van der Waals surface area contributed by atoms with E-state index in [1.54, 1.807) is 7.11 Å². The standard InChI is InChI=1S/C10H19BrO2/c1-12-7-8-13-10-6-4-2-3-5-9(10)11/h9-10H,2-8H2,1H3. The van der Waals surface area contributed by atoms with Crippen LogP contribution in [-0.2, 0) is 9.47 Å². The van der Waals surface area contributed by atoms with Crippen LogP contribution in [0.3, 0.4) is 0 Å². The van der Waals surface area contributed by atoms with Crippen LogP contribution in [0.4, 0.5) is 0 Å². The molecule has 0 heterocycles. The van der Waals surface area contributed by atoms with E-state index in [0.717, 1.165) is 6.61 Å². The van der Waals surface area contributed by atoms with Crippen LogP contribution in [0.15, 0.2) is 0 Å². The highest BCUT2D eigenvalue weighted by Gasteiger charge is 2.21. The highest BCUT2D eigenvalue weighted by molar-refractivity contribution is 9.09. The van der Waals surface area contributed by atoms with Gasteiger partial charge in [-0.05, 0) is 12.8 Å². The van der Waals surface area contributed by atoms with Gasteiger partial charge in [-0.2, -0.15) is 0 Å². The topological polar surface area (TPSA) is 18.5 Å². The molecule has 3 heteroatoms. The van der Waals surface area contributed by atoms with Crippen molar-refractivity contribution in [1.82, 2.24) is 0 Å². The summed E-state index contributed by atoms with van der Waals surface area (Å²) in [6, 6.07) is 0. The van der Waals surface area contributed by atoms with Crippen LogP contribution in [0.5, 0.6) is 0 Å². The Hall–Kier alpha value is 0.400. The van der Waals surface area contributed by atoms with Gasteiger partial charge in [0.25, 0.3) is 0 Å². The van der Waals surface area contributed by atoms with Crippen molar-refractivity contribution in [2.24, 2.45) is 0 Å². The summed E-state index contributed by atoms with van der Waals surface area (Å²) in [5.74, 6) is 0. The zero-order valence-electron chi connectivity index (χ0n) is 8.30. The largest absolute Gasteiger partial charge is 0.382 e. The third-order valence-electron chi connectivity index (χ3n) is 2.49. The van der Waals surface area contributed by atoms with E-state index in [1.165, 1.54) is 32.1 Å². The van der Waals surface area contributed by atoms with Gasteiger partial charge in [-0.1, -0.05) is 35.2 Å². The van der Waals surface area contributed by atoms with Gasteiger partial charge in [-0.25, -0.2) is 0 Å². The summed E-state index contributed by atoms with van der Waals surface area (Å²) in [5, 5.41) is 0. The number of halogens is 1. The van der Waals surface area contributed by atoms with Crippen molar-refractivity contribution in [3.8, 4) is 0 Å². The highest BCUT2D eigenvalue weighted by Crippen LogP contribution is 2.25. The molecule has 0 aromatic heterocycles. The number of ether oxygens (including phenoxy) is 2. The quantitative estimate of drug-likeness (QED) is 0.434. The zero-order chi connectivity index (χ0) is 9.52. The Labute approximate surface area is 89.1 Å². The Morgan fingerprint density at radius 2 is 1.92 bits per heavy atom. The lowest BCUT2D eigenvalue weighted by Crippen LogP contribution is -2.24. The molecule has 13 heavy (non-hydrogen) atoms. The number of alkyl halides is 1. The molecule has 0 spiro atoms. The van der Waals surface area contributed by atoms with Gasteiger partial charge in [0.1, 0.15) is 0 Å². The van der Waals surface area contributed by atoms with E-state index in [1.807, 2.05) is 0 Å². The van der Waals surface area contributed by atoms with Gasteiger partial charge in [0.2, 0.25) is 0 Å². The smallest absolute Gasteiger partial charge is 0.0704 e. The van der Waals surface area contributed by atoms with E-state index in [0.29, 0.717) is 17.5 Å². The van der Waals surface area contributed by atoms with Crippen LogP contribution in [0, 0.1) is 0 Å². The van der Waals surface area contributed by atoms with E-state index >= 15 is 0 Å². The molecular formula is C10H19BrO2. The summed E-state index contributed by atoms with van der Waals surface area (Å²) in [6.45, 7) is 1.43. The van der Waals surface area contributed by atoms with Crippen molar-refractivity contribution >= 4 is 15.9 Å². The van der Waals surface area contributed by atoms with E-state index < -0.39 is 0 Å². The van der Waals surface area contributed by atoms with Gasteiger partial charge in [0.15, 0.2) is 0 Å².